The summed E-state index contributed by atoms with van der Waals surface area (Å²) >= 11 is 3.29. The van der Waals surface area contributed by atoms with E-state index in [1.165, 1.54) is 45.7 Å². The second-order valence-corrected chi connectivity index (χ2v) is 13.3. The van der Waals surface area contributed by atoms with Crippen LogP contribution in [0.25, 0.3) is 41.6 Å². The Kier molecular flexibility index (Phi) is 21.4. The van der Waals surface area contributed by atoms with E-state index in [9.17, 15) is 9.90 Å². The van der Waals surface area contributed by atoms with E-state index in [1.807, 2.05) is 104 Å². The molecule has 2 heterocycles. The van der Waals surface area contributed by atoms with Crippen molar-refractivity contribution in [3.63, 3.8) is 0 Å². The van der Waals surface area contributed by atoms with E-state index in [0.717, 1.165) is 43.4 Å². The predicted molar refractivity (Wildman–Crippen MR) is 244 cm³/mol. The van der Waals surface area contributed by atoms with Crippen molar-refractivity contribution in [1.29, 1.82) is 0 Å². The second-order valence-electron chi connectivity index (χ2n) is 11.2. The summed E-state index contributed by atoms with van der Waals surface area (Å²) in [5.41, 5.74) is 8.11. The standard InChI is InChI=1S/C20H14N2O2S.C18H20N2S.C3H6.3C2H6/c23-16-10-11-17-18(12-16)25-20(22-17)14-6-8-15(9-7-14)21-19(24)13-4-2-1-3-5-13;1-3-4-7-13-12-14(10-11-15(13)19-2)18-20-16-8-5-6-9-17(16)21-18;1-3-2;3*1-2/h1-12,23H,(H,21,24);5-6,8-12,19H,3-4,7H2,1-2H3;3H,1H2,2H3;3*1-2H3. The van der Waals surface area contributed by atoms with Gasteiger partial charge in [0.05, 0.1) is 20.4 Å². The number of hydrogen-bond donors (Lipinski definition) is 3. The topological polar surface area (TPSA) is 87.1 Å². The number of aryl methyl sites for hydroxylation is 1. The van der Waals surface area contributed by atoms with Crippen LogP contribution in [0.1, 0.15) is 84.2 Å². The molecule has 0 aliphatic rings. The first-order chi connectivity index (χ1) is 26.9. The Hall–Kier alpha value is -5.31. The summed E-state index contributed by atoms with van der Waals surface area (Å²) in [5.74, 6) is 0.102. The molecular weight excluding hydrogens is 717 g/mol. The summed E-state index contributed by atoms with van der Waals surface area (Å²) in [7, 11) is 1.99. The molecule has 0 spiro atoms. The molecule has 0 saturated carbocycles. The van der Waals surface area contributed by atoms with E-state index >= 15 is 0 Å². The summed E-state index contributed by atoms with van der Waals surface area (Å²) < 4.78 is 2.19. The van der Waals surface area contributed by atoms with Crippen LogP contribution in [-0.2, 0) is 6.42 Å². The van der Waals surface area contributed by atoms with Gasteiger partial charge in [0, 0.05) is 35.1 Å². The number of para-hydroxylation sites is 1. The molecule has 0 radical (unpaired) electrons. The summed E-state index contributed by atoms with van der Waals surface area (Å²) in [6, 6.07) is 36.8. The first kappa shape index (κ1) is 45.8. The number of rotatable bonds is 8. The van der Waals surface area contributed by atoms with Crippen LogP contribution < -0.4 is 10.6 Å². The smallest absolute Gasteiger partial charge is 0.255 e. The third-order valence-electron chi connectivity index (χ3n) is 7.51. The molecule has 290 valence electrons. The summed E-state index contributed by atoms with van der Waals surface area (Å²) in [4.78, 5) is 21.5. The largest absolute Gasteiger partial charge is 0.508 e. The maximum absolute atomic E-state index is 12.2. The van der Waals surface area contributed by atoms with Crippen molar-refractivity contribution < 1.29 is 9.90 Å². The monoisotopic (exact) mass is 774 g/mol. The van der Waals surface area contributed by atoms with Gasteiger partial charge in [-0.1, -0.05) is 91.3 Å². The van der Waals surface area contributed by atoms with Crippen molar-refractivity contribution in [2.24, 2.45) is 0 Å². The normalized spacial score (nSPS) is 9.62. The number of carbonyl (C=O) groups excluding carboxylic acids is 1. The Morgan fingerprint density at radius 3 is 1.91 bits per heavy atom. The summed E-state index contributed by atoms with van der Waals surface area (Å²) in [5, 5.41) is 17.7. The van der Waals surface area contributed by atoms with Gasteiger partial charge < -0.3 is 15.7 Å². The number of aromatic hydroxyl groups is 1. The maximum atomic E-state index is 12.2. The third kappa shape index (κ3) is 13.8. The molecule has 0 atom stereocenters. The van der Waals surface area contributed by atoms with Crippen LogP contribution in [0.2, 0.25) is 0 Å². The van der Waals surface area contributed by atoms with Gasteiger partial charge in [0.15, 0.2) is 0 Å². The lowest BCUT2D eigenvalue weighted by atomic mass is 10.0. The molecule has 3 N–H and O–H groups in total. The number of unbranched alkanes of at least 4 members (excludes halogenated alkanes) is 1. The summed E-state index contributed by atoms with van der Waals surface area (Å²) in [6.07, 6.45) is 5.30. The number of allylic oxidation sites excluding steroid dienone is 1. The zero-order valence-corrected chi connectivity index (χ0v) is 35.6. The van der Waals surface area contributed by atoms with E-state index in [-0.39, 0.29) is 11.7 Å². The number of nitrogens with one attached hydrogen (secondary N) is 2. The van der Waals surface area contributed by atoms with Gasteiger partial charge in [-0.05, 0) is 110 Å². The third-order valence-corrected chi connectivity index (χ3v) is 9.67. The average Bonchev–Trinajstić information content (AvgIpc) is 3.88. The number of carbonyl (C=O) groups is 1. The molecule has 7 aromatic rings. The second kappa shape index (κ2) is 25.7. The van der Waals surface area contributed by atoms with Gasteiger partial charge in [0.1, 0.15) is 15.8 Å². The molecule has 1 amide bonds. The first-order valence-corrected chi connectivity index (χ1v) is 20.9. The van der Waals surface area contributed by atoms with Crippen molar-refractivity contribution >= 4 is 60.4 Å². The van der Waals surface area contributed by atoms with Gasteiger partial charge >= 0.3 is 0 Å². The lowest BCUT2D eigenvalue weighted by Crippen LogP contribution is -2.11. The zero-order valence-electron chi connectivity index (χ0n) is 33.9. The molecule has 55 heavy (non-hydrogen) atoms. The van der Waals surface area contributed by atoms with Crippen LogP contribution in [0.15, 0.2) is 128 Å². The highest BCUT2D eigenvalue weighted by Gasteiger charge is 2.10. The van der Waals surface area contributed by atoms with E-state index in [0.29, 0.717) is 5.56 Å². The Morgan fingerprint density at radius 2 is 1.29 bits per heavy atom. The van der Waals surface area contributed by atoms with Crippen LogP contribution in [0.5, 0.6) is 5.75 Å². The fraction of sp³-hybridized carbons (Fsp3) is 0.255. The lowest BCUT2D eigenvalue weighted by Gasteiger charge is -2.10. The highest BCUT2D eigenvalue weighted by atomic mass is 32.1. The molecule has 0 unspecified atom stereocenters. The molecule has 0 aliphatic heterocycles. The average molecular weight is 775 g/mol. The van der Waals surface area contributed by atoms with Crippen LogP contribution in [0, 0.1) is 0 Å². The molecule has 0 bridgehead atoms. The van der Waals surface area contributed by atoms with Crippen molar-refractivity contribution in [3.05, 3.63) is 139 Å². The predicted octanol–water partition coefficient (Wildman–Crippen LogP) is 14.5. The van der Waals surface area contributed by atoms with Crippen LogP contribution in [-0.4, -0.2) is 28.0 Å². The SMILES string of the molecule is C=CC.CC.CC.CC.CCCCc1cc(-c2nc3ccccc3s2)ccc1NC.O=C(Nc1ccc(-c2nc3ccc(O)cc3s2)cc1)c1ccccc1. The Bertz CT molecular complexity index is 2110. The highest BCUT2D eigenvalue weighted by molar-refractivity contribution is 7.22. The molecule has 8 heteroatoms. The number of thiazole rings is 2. The Balaban J connectivity index is 0.000000318. The van der Waals surface area contributed by atoms with Crippen LogP contribution in [0.3, 0.4) is 0 Å². The molecule has 0 saturated heterocycles. The minimum atomic E-state index is -0.135. The Morgan fingerprint density at radius 1 is 0.727 bits per heavy atom. The summed E-state index contributed by atoms with van der Waals surface area (Å²) in [6.45, 7) is 19.5. The van der Waals surface area contributed by atoms with Crippen molar-refractivity contribution in [2.45, 2.75) is 74.7 Å². The van der Waals surface area contributed by atoms with Gasteiger partial charge in [-0.25, -0.2) is 9.97 Å². The van der Waals surface area contributed by atoms with Crippen molar-refractivity contribution in [2.75, 3.05) is 17.7 Å². The fourth-order valence-electron chi connectivity index (χ4n) is 5.07. The van der Waals surface area contributed by atoms with Crippen molar-refractivity contribution in [3.8, 4) is 26.9 Å². The molecule has 0 fully saturated rings. The molecule has 7 rings (SSSR count). The number of amides is 1. The van der Waals surface area contributed by atoms with Crippen LogP contribution >= 0.6 is 22.7 Å². The number of aromatic nitrogens is 2. The van der Waals surface area contributed by atoms with Crippen LogP contribution in [0.4, 0.5) is 11.4 Å². The van der Waals surface area contributed by atoms with Gasteiger partial charge in [-0.3, -0.25) is 4.79 Å². The number of phenolic OH excluding ortho intramolecular Hbond substituents is 1. The minimum Gasteiger partial charge on any atom is -0.508 e. The van der Waals surface area contributed by atoms with Crippen molar-refractivity contribution in [1.82, 2.24) is 9.97 Å². The van der Waals surface area contributed by atoms with Gasteiger partial charge in [-0.2, -0.15) is 0 Å². The fourth-order valence-corrected chi connectivity index (χ4v) is 7.03. The van der Waals surface area contributed by atoms with Gasteiger partial charge in [0.2, 0.25) is 0 Å². The number of anilines is 2. The number of benzene rings is 5. The van der Waals surface area contributed by atoms with E-state index < -0.39 is 0 Å². The first-order valence-electron chi connectivity index (χ1n) is 19.2. The molecule has 5 aromatic carbocycles. The molecule has 2 aromatic heterocycles. The van der Waals surface area contributed by atoms with E-state index in [4.69, 9.17) is 4.98 Å². The number of hydrogen-bond acceptors (Lipinski definition) is 7. The van der Waals surface area contributed by atoms with Gasteiger partial charge in [-0.15, -0.1) is 29.3 Å². The zero-order chi connectivity index (χ0) is 40.6. The number of nitrogens with zero attached hydrogens (tertiary/aromatic N) is 2. The van der Waals surface area contributed by atoms with E-state index in [1.54, 1.807) is 47.7 Å². The molecule has 6 nitrogen and oxygen atoms in total. The quantitative estimate of drug-likeness (QED) is 0.134. The molecule has 0 aliphatic carbocycles. The minimum absolute atomic E-state index is 0.135. The maximum Gasteiger partial charge on any atom is 0.255 e. The highest BCUT2D eigenvalue weighted by Crippen LogP contribution is 2.34. The molecular formula is C47H58N4O2S2. The van der Waals surface area contributed by atoms with E-state index in [2.05, 4.69) is 65.5 Å². The lowest BCUT2D eigenvalue weighted by molar-refractivity contribution is 0.102. The van der Waals surface area contributed by atoms with Gasteiger partial charge in [0.25, 0.3) is 5.91 Å². The number of phenols is 1. The Labute approximate surface area is 337 Å². The number of fused-ring (bicyclic) bond motifs is 2.